The Morgan fingerprint density at radius 3 is 3.14 bits per heavy atom. The maximum Gasteiger partial charge on any atom is 0.171 e. The number of oxime groups is 1. The quantitative estimate of drug-likeness (QED) is 0.261. The maximum absolute atomic E-state index is 8.57. The molecule has 0 fully saturated rings. The van der Waals surface area contributed by atoms with Gasteiger partial charge in [-0.1, -0.05) is 12.1 Å². The number of rotatable bonds is 4. The highest BCUT2D eigenvalue weighted by Gasteiger charge is 2.06. The number of hydrogen-bond acceptors (Lipinski definition) is 4. The van der Waals surface area contributed by atoms with Crippen LogP contribution in [0.1, 0.15) is 18.9 Å². The Morgan fingerprint density at radius 2 is 2.50 bits per heavy atom. The summed E-state index contributed by atoms with van der Waals surface area (Å²) in [6, 6.07) is 1.74. The van der Waals surface area contributed by atoms with E-state index in [9.17, 15) is 0 Å². The molecule has 0 amide bonds. The first-order valence-electron chi connectivity index (χ1n) is 4.34. The summed E-state index contributed by atoms with van der Waals surface area (Å²) < 4.78 is 0. The van der Waals surface area contributed by atoms with Gasteiger partial charge in [-0.05, 0) is 18.2 Å². The Labute approximate surface area is 87.2 Å². The van der Waals surface area contributed by atoms with Crippen molar-refractivity contribution in [3.8, 4) is 0 Å². The third-order valence-corrected chi connectivity index (χ3v) is 2.88. The summed E-state index contributed by atoms with van der Waals surface area (Å²) in [6.45, 7) is 2.10. The zero-order chi connectivity index (χ0) is 10.4. The van der Waals surface area contributed by atoms with Crippen LogP contribution in [0.2, 0.25) is 0 Å². The van der Waals surface area contributed by atoms with Crippen LogP contribution in [-0.4, -0.2) is 21.8 Å². The Balaban J connectivity index is 2.91. The third-order valence-electron chi connectivity index (χ3n) is 1.63. The molecule has 1 aromatic rings. The molecule has 0 aromatic carbocycles. The minimum Gasteiger partial charge on any atom is -0.409 e. The summed E-state index contributed by atoms with van der Waals surface area (Å²) in [7, 11) is 0. The molecular formula is C9H13N3OS. The molecule has 0 bridgehead atoms. The average Bonchev–Trinajstić information content (AvgIpc) is 2.25. The number of thioether (sulfide) groups is 1. The van der Waals surface area contributed by atoms with E-state index < -0.39 is 0 Å². The zero-order valence-corrected chi connectivity index (χ0v) is 8.79. The van der Waals surface area contributed by atoms with Crippen molar-refractivity contribution < 1.29 is 5.21 Å². The molecule has 0 spiro atoms. The molecule has 0 aliphatic rings. The minimum absolute atomic E-state index is 0.131. The van der Waals surface area contributed by atoms with E-state index in [4.69, 9.17) is 10.9 Å². The van der Waals surface area contributed by atoms with Crippen molar-refractivity contribution in [2.75, 3.05) is 5.75 Å². The number of hydrogen-bond donors (Lipinski definition) is 2. The monoisotopic (exact) mass is 211 g/mol. The molecular weight excluding hydrogens is 198 g/mol. The lowest BCUT2D eigenvalue weighted by molar-refractivity contribution is 0.318. The molecule has 0 atom stereocenters. The second-order valence-corrected chi connectivity index (χ2v) is 3.84. The predicted octanol–water partition coefficient (Wildman–Crippen LogP) is 1.68. The summed E-state index contributed by atoms with van der Waals surface area (Å²) in [4.78, 5) is 4.95. The number of pyridine rings is 1. The van der Waals surface area contributed by atoms with Gasteiger partial charge in [-0.15, -0.1) is 11.8 Å². The van der Waals surface area contributed by atoms with Crippen molar-refractivity contribution in [3.05, 3.63) is 24.0 Å². The molecule has 4 nitrogen and oxygen atoms in total. The summed E-state index contributed by atoms with van der Waals surface area (Å²) in [5, 5.41) is 11.6. The highest BCUT2D eigenvalue weighted by atomic mass is 32.2. The van der Waals surface area contributed by atoms with Crippen LogP contribution in [0.25, 0.3) is 0 Å². The molecule has 1 heterocycles. The van der Waals surface area contributed by atoms with Crippen LogP contribution in [0.5, 0.6) is 0 Å². The van der Waals surface area contributed by atoms with Gasteiger partial charge in [0.15, 0.2) is 5.84 Å². The van der Waals surface area contributed by atoms with Crippen molar-refractivity contribution in [2.24, 2.45) is 10.9 Å². The van der Waals surface area contributed by atoms with Gasteiger partial charge >= 0.3 is 0 Å². The van der Waals surface area contributed by atoms with Gasteiger partial charge in [0.1, 0.15) is 0 Å². The molecule has 1 aromatic heterocycles. The van der Waals surface area contributed by atoms with E-state index in [0.29, 0.717) is 0 Å². The smallest absolute Gasteiger partial charge is 0.171 e. The molecule has 0 aliphatic carbocycles. The summed E-state index contributed by atoms with van der Waals surface area (Å²) in [5.41, 5.74) is 6.26. The van der Waals surface area contributed by atoms with E-state index in [0.717, 1.165) is 22.6 Å². The van der Waals surface area contributed by atoms with Gasteiger partial charge in [0, 0.05) is 22.9 Å². The average molecular weight is 211 g/mol. The van der Waals surface area contributed by atoms with E-state index >= 15 is 0 Å². The lowest BCUT2D eigenvalue weighted by Gasteiger charge is -2.05. The fraction of sp³-hybridized carbons (Fsp3) is 0.333. The van der Waals surface area contributed by atoms with Crippen LogP contribution in [0.3, 0.4) is 0 Å². The second-order valence-electron chi connectivity index (χ2n) is 2.71. The highest BCUT2D eigenvalue weighted by Crippen LogP contribution is 2.21. The van der Waals surface area contributed by atoms with E-state index in [1.807, 2.05) is 0 Å². The van der Waals surface area contributed by atoms with Gasteiger partial charge in [-0.3, -0.25) is 4.98 Å². The summed E-state index contributed by atoms with van der Waals surface area (Å²) in [6.07, 6.45) is 4.44. The molecule has 3 N–H and O–H groups in total. The largest absolute Gasteiger partial charge is 0.409 e. The maximum atomic E-state index is 8.57. The Hall–Kier alpha value is -1.23. The summed E-state index contributed by atoms with van der Waals surface area (Å²) in [5.74, 6) is 1.13. The molecule has 14 heavy (non-hydrogen) atoms. The van der Waals surface area contributed by atoms with Crippen molar-refractivity contribution in [2.45, 2.75) is 18.2 Å². The summed E-state index contributed by atoms with van der Waals surface area (Å²) >= 11 is 1.66. The van der Waals surface area contributed by atoms with Crippen molar-refractivity contribution in [3.63, 3.8) is 0 Å². The van der Waals surface area contributed by atoms with Crippen LogP contribution in [0.4, 0.5) is 0 Å². The first-order chi connectivity index (χ1) is 6.79. The molecule has 0 saturated carbocycles. The molecule has 0 unspecified atom stereocenters. The lowest BCUT2D eigenvalue weighted by Crippen LogP contribution is -2.14. The predicted molar refractivity (Wildman–Crippen MR) is 57.8 cm³/mol. The number of nitrogens with zero attached hydrogens (tertiary/aromatic N) is 2. The number of aromatic nitrogens is 1. The molecule has 1 rings (SSSR count). The van der Waals surface area contributed by atoms with Gasteiger partial charge in [0.05, 0.1) is 0 Å². The SMILES string of the molecule is CCCSc1cnccc1/C(N)=N/O. The van der Waals surface area contributed by atoms with E-state index in [-0.39, 0.29) is 5.84 Å². The van der Waals surface area contributed by atoms with Crippen LogP contribution in [0, 0.1) is 0 Å². The van der Waals surface area contributed by atoms with Crippen LogP contribution >= 0.6 is 11.8 Å². The normalized spacial score (nSPS) is 11.6. The van der Waals surface area contributed by atoms with Gasteiger partial charge in [0.2, 0.25) is 0 Å². The van der Waals surface area contributed by atoms with Gasteiger partial charge in [0.25, 0.3) is 0 Å². The number of amidine groups is 1. The fourth-order valence-corrected chi connectivity index (χ4v) is 1.86. The van der Waals surface area contributed by atoms with Crippen molar-refractivity contribution in [1.82, 2.24) is 4.98 Å². The van der Waals surface area contributed by atoms with Crippen LogP contribution in [0.15, 0.2) is 28.5 Å². The first-order valence-corrected chi connectivity index (χ1v) is 5.32. The van der Waals surface area contributed by atoms with Crippen LogP contribution in [-0.2, 0) is 0 Å². The topological polar surface area (TPSA) is 71.5 Å². The first kappa shape index (κ1) is 10.8. The molecule has 0 aliphatic heterocycles. The van der Waals surface area contributed by atoms with Gasteiger partial charge in [-0.25, -0.2) is 0 Å². The lowest BCUT2D eigenvalue weighted by atomic mass is 10.2. The molecule has 76 valence electrons. The molecule has 0 saturated heterocycles. The third kappa shape index (κ3) is 2.63. The Bertz CT molecular complexity index is 328. The van der Waals surface area contributed by atoms with Crippen LogP contribution < -0.4 is 5.73 Å². The number of nitrogens with two attached hydrogens (primary N) is 1. The Morgan fingerprint density at radius 1 is 1.71 bits per heavy atom. The zero-order valence-electron chi connectivity index (χ0n) is 7.97. The second kappa shape index (κ2) is 5.49. The Kier molecular flexibility index (Phi) is 4.25. The van der Waals surface area contributed by atoms with Gasteiger partial charge < -0.3 is 10.9 Å². The van der Waals surface area contributed by atoms with Crippen molar-refractivity contribution in [1.29, 1.82) is 0 Å². The fourth-order valence-electron chi connectivity index (χ4n) is 0.972. The van der Waals surface area contributed by atoms with E-state index in [2.05, 4.69) is 17.1 Å². The van der Waals surface area contributed by atoms with Gasteiger partial charge in [-0.2, -0.15) is 0 Å². The van der Waals surface area contributed by atoms with Crippen molar-refractivity contribution >= 4 is 17.6 Å². The molecule has 0 radical (unpaired) electrons. The molecule has 5 heteroatoms. The van der Waals surface area contributed by atoms with E-state index in [1.165, 1.54) is 0 Å². The standard InChI is InChI=1S/C9H13N3OS/c1-2-5-14-8-6-11-4-3-7(8)9(10)12-13/h3-4,6,13H,2,5H2,1H3,(H2,10,12). The minimum atomic E-state index is 0.131. The van der Waals surface area contributed by atoms with E-state index in [1.54, 1.807) is 30.2 Å². The highest BCUT2D eigenvalue weighted by molar-refractivity contribution is 7.99.